The first kappa shape index (κ1) is 16.5. The molecule has 0 aromatic carbocycles. The molecule has 0 saturated heterocycles. The van der Waals surface area contributed by atoms with Crippen LogP contribution in [0.4, 0.5) is 0 Å². The van der Waals surface area contributed by atoms with Gasteiger partial charge in [0.05, 0.1) is 12.2 Å². The molecule has 8 heteroatoms. The molecule has 0 aliphatic rings. The molecular formula is C11H14Cl3N3O2. The van der Waals surface area contributed by atoms with Gasteiger partial charge < -0.3 is 10.1 Å². The van der Waals surface area contributed by atoms with Gasteiger partial charge in [0.15, 0.2) is 0 Å². The monoisotopic (exact) mass is 325 g/mol. The summed E-state index contributed by atoms with van der Waals surface area (Å²) in [4.78, 5) is 15.8. The molecule has 1 heterocycles. The average Bonchev–Trinajstić information content (AvgIpc) is 2.37. The lowest BCUT2D eigenvalue weighted by Crippen LogP contribution is -2.54. The third-order valence-electron chi connectivity index (χ3n) is 2.18. The minimum absolute atomic E-state index is 0.380. The van der Waals surface area contributed by atoms with Crippen LogP contribution in [0.5, 0.6) is 0 Å². The quantitative estimate of drug-likeness (QED) is 0.475. The zero-order valence-electron chi connectivity index (χ0n) is 10.2. The van der Waals surface area contributed by atoms with Crippen LogP contribution in [0, 0.1) is 0 Å². The van der Waals surface area contributed by atoms with E-state index in [0.29, 0.717) is 18.7 Å². The Hall–Kier alpha value is -0.590. The van der Waals surface area contributed by atoms with Crippen LogP contribution in [0.2, 0.25) is 0 Å². The first-order valence-corrected chi connectivity index (χ1v) is 6.58. The highest BCUT2D eigenvalue weighted by molar-refractivity contribution is 6.68. The second-order valence-electron chi connectivity index (χ2n) is 3.64. The van der Waals surface area contributed by atoms with E-state index in [-0.39, 0.29) is 5.91 Å². The van der Waals surface area contributed by atoms with Gasteiger partial charge in [0.1, 0.15) is 6.17 Å². The number of halogens is 3. The predicted octanol–water partition coefficient (Wildman–Crippen LogP) is 1.74. The van der Waals surface area contributed by atoms with Crippen molar-refractivity contribution in [3.8, 4) is 0 Å². The Morgan fingerprint density at radius 1 is 1.53 bits per heavy atom. The second-order valence-corrected chi connectivity index (χ2v) is 6.01. The number of amides is 1. The van der Waals surface area contributed by atoms with Crippen LogP contribution in [0.3, 0.4) is 0 Å². The molecule has 19 heavy (non-hydrogen) atoms. The summed E-state index contributed by atoms with van der Waals surface area (Å²) in [5, 5.41) is 5.48. The number of hydrogen-bond donors (Lipinski definition) is 2. The number of carbonyl (C=O) groups excluding carboxylic acids is 1. The van der Waals surface area contributed by atoms with Gasteiger partial charge in [-0.25, -0.2) is 0 Å². The van der Waals surface area contributed by atoms with Crippen molar-refractivity contribution in [3.05, 3.63) is 30.1 Å². The molecule has 106 valence electrons. The molecule has 0 aliphatic heterocycles. The van der Waals surface area contributed by atoms with Crippen LogP contribution < -0.4 is 10.6 Å². The highest BCUT2D eigenvalue weighted by Gasteiger charge is 2.33. The molecule has 0 spiro atoms. The van der Waals surface area contributed by atoms with Crippen molar-refractivity contribution in [2.24, 2.45) is 0 Å². The van der Waals surface area contributed by atoms with Gasteiger partial charge in [0.2, 0.25) is 3.79 Å². The fourth-order valence-corrected chi connectivity index (χ4v) is 1.66. The maximum Gasteiger partial charge on any atom is 0.254 e. The van der Waals surface area contributed by atoms with Crippen LogP contribution in [-0.4, -0.2) is 41.1 Å². The van der Waals surface area contributed by atoms with Crippen LogP contribution >= 0.6 is 34.8 Å². The number of ether oxygens (including phenoxy) is 1. The number of alkyl halides is 3. The Kier molecular flexibility index (Phi) is 6.82. The fraction of sp³-hybridized carbons (Fsp3) is 0.455. The molecule has 0 bridgehead atoms. The topological polar surface area (TPSA) is 63.2 Å². The summed E-state index contributed by atoms with van der Waals surface area (Å²) in [6, 6.07) is 3.27. The molecule has 1 atom stereocenters. The van der Waals surface area contributed by atoms with Crippen molar-refractivity contribution in [1.29, 1.82) is 0 Å². The number of aromatic nitrogens is 1. The third-order valence-corrected chi connectivity index (χ3v) is 2.84. The second kappa shape index (κ2) is 7.87. The maximum atomic E-state index is 11.9. The molecule has 1 unspecified atom stereocenters. The smallest absolute Gasteiger partial charge is 0.254 e. The van der Waals surface area contributed by atoms with Crippen molar-refractivity contribution in [2.75, 3.05) is 20.3 Å². The maximum absolute atomic E-state index is 11.9. The van der Waals surface area contributed by atoms with Gasteiger partial charge in [-0.3, -0.25) is 15.1 Å². The average molecular weight is 327 g/mol. The summed E-state index contributed by atoms with van der Waals surface area (Å²) in [5.74, 6) is -0.380. The highest BCUT2D eigenvalue weighted by atomic mass is 35.6. The fourth-order valence-electron chi connectivity index (χ4n) is 1.27. The molecule has 1 aromatic rings. The number of carbonyl (C=O) groups is 1. The first-order chi connectivity index (χ1) is 8.95. The van der Waals surface area contributed by atoms with Crippen LogP contribution in [0.25, 0.3) is 0 Å². The van der Waals surface area contributed by atoms with Gasteiger partial charge in [-0.15, -0.1) is 0 Å². The molecule has 0 radical (unpaired) electrons. The molecule has 1 rings (SSSR count). The molecule has 0 fully saturated rings. The summed E-state index contributed by atoms with van der Waals surface area (Å²) in [7, 11) is 1.56. The van der Waals surface area contributed by atoms with E-state index in [0.717, 1.165) is 0 Å². The predicted molar refractivity (Wildman–Crippen MR) is 75.7 cm³/mol. The molecule has 1 aromatic heterocycles. The Morgan fingerprint density at radius 3 is 2.79 bits per heavy atom. The molecule has 0 aliphatic carbocycles. The van der Waals surface area contributed by atoms with E-state index < -0.39 is 9.96 Å². The van der Waals surface area contributed by atoms with Crippen molar-refractivity contribution >= 4 is 40.7 Å². The van der Waals surface area contributed by atoms with Crippen LogP contribution in [0.1, 0.15) is 10.4 Å². The Bertz CT molecular complexity index is 398. The Labute approximate surface area is 126 Å². The molecule has 5 nitrogen and oxygen atoms in total. The van der Waals surface area contributed by atoms with E-state index in [1.54, 1.807) is 25.4 Å². The largest absolute Gasteiger partial charge is 0.383 e. The summed E-state index contributed by atoms with van der Waals surface area (Å²) < 4.78 is 3.21. The number of nitrogens with zero attached hydrogens (tertiary/aromatic N) is 1. The Morgan fingerprint density at radius 2 is 2.26 bits per heavy atom. The molecule has 0 saturated carbocycles. The zero-order valence-corrected chi connectivity index (χ0v) is 12.5. The van der Waals surface area contributed by atoms with Crippen molar-refractivity contribution < 1.29 is 9.53 Å². The van der Waals surface area contributed by atoms with Gasteiger partial charge in [0.25, 0.3) is 5.91 Å². The highest BCUT2D eigenvalue weighted by Crippen LogP contribution is 2.29. The van der Waals surface area contributed by atoms with E-state index in [4.69, 9.17) is 39.5 Å². The number of nitrogens with one attached hydrogen (secondary N) is 2. The van der Waals surface area contributed by atoms with E-state index in [9.17, 15) is 4.79 Å². The van der Waals surface area contributed by atoms with E-state index in [1.165, 1.54) is 6.20 Å². The van der Waals surface area contributed by atoms with Gasteiger partial charge in [-0.2, -0.15) is 0 Å². The molecule has 1 amide bonds. The Balaban J connectivity index is 2.64. The SMILES string of the molecule is COCCNC(NC(=O)c1cccnc1)C(Cl)(Cl)Cl. The lowest BCUT2D eigenvalue weighted by molar-refractivity contribution is 0.0926. The lowest BCUT2D eigenvalue weighted by Gasteiger charge is -2.26. The van der Waals surface area contributed by atoms with Gasteiger partial charge >= 0.3 is 0 Å². The van der Waals surface area contributed by atoms with E-state index in [1.807, 2.05) is 0 Å². The standard InChI is InChI=1S/C11H14Cl3N3O2/c1-19-6-5-16-10(11(12,13)14)17-9(18)8-3-2-4-15-7-8/h2-4,7,10,16H,5-6H2,1H3,(H,17,18). The van der Waals surface area contributed by atoms with Crippen molar-refractivity contribution in [2.45, 2.75) is 9.96 Å². The number of rotatable bonds is 6. The van der Waals surface area contributed by atoms with Crippen LogP contribution in [0.15, 0.2) is 24.5 Å². The molecule has 2 N–H and O–H groups in total. The lowest BCUT2D eigenvalue weighted by atomic mass is 10.2. The summed E-state index contributed by atoms with van der Waals surface area (Å²) in [6.45, 7) is 0.863. The minimum atomic E-state index is -1.67. The van der Waals surface area contributed by atoms with E-state index in [2.05, 4.69) is 15.6 Å². The normalized spacial score (nSPS) is 13.1. The van der Waals surface area contributed by atoms with Crippen molar-refractivity contribution in [3.63, 3.8) is 0 Å². The van der Waals surface area contributed by atoms with E-state index >= 15 is 0 Å². The first-order valence-electron chi connectivity index (χ1n) is 5.45. The van der Waals surface area contributed by atoms with Gasteiger partial charge in [-0.05, 0) is 12.1 Å². The number of methoxy groups -OCH3 is 1. The van der Waals surface area contributed by atoms with Crippen molar-refractivity contribution in [1.82, 2.24) is 15.6 Å². The number of hydrogen-bond acceptors (Lipinski definition) is 4. The zero-order chi connectivity index (χ0) is 14.3. The van der Waals surface area contributed by atoms with Crippen LogP contribution in [-0.2, 0) is 4.74 Å². The third kappa shape index (κ3) is 5.93. The number of pyridine rings is 1. The van der Waals surface area contributed by atoms with Gasteiger partial charge in [0, 0.05) is 26.0 Å². The minimum Gasteiger partial charge on any atom is -0.383 e. The summed E-state index contributed by atoms with van der Waals surface area (Å²) in [6.07, 6.45) is 2.17. The van der Waals surface area contributed by atoms with Gasteiger partial charge in [-0.1, -0.05) is 34.8 Å². The molecular weight excluding hydrogens is 312 g/mol. The summed E-state index contributed by atoms with van der Waals surface area (Å²) >= 11 is 17.4. The summed E-state index contributed by atoms with van der Waals surface area (Å²) in [5.41, 5.74) is 0.385.